The van der Waals surface area contributed by atoms with Crippen molar-refractivity contribution < 1.29 is 39.1 Å². The molecule has 1 saturated heterocycles. The Balaban J connectivity index is 1.42. The van der Waals surface area contributed by atoms with Crippen LogP contribution in [0.25, 0.3) is 6.08 Å². The van der Waals surface area contributed by atoms with Crippen LogP contribution in [-0.2, 0) is 19.2 Å². The van der Waals surface area contributed by atoms with Crippen molar-refractivity contribution in [3.05, 3.63) is 87.5 Å². The molecule has 1 aliphatic heterocycles. The monoisotopic (exact) mass is 629 g/mol. The number of carbonyl (C=O) groups is 4. The number of fused-ring (bicyclic) bond motifs is 3. The minimum Gasteiger partial charge on any atom is -0.504 e. The van der Waals surface area contributed by atoms with Crippen molar-refractivity contribution in [2.24, 2.45) is 23.7 Å². The van der Waals surface area contributed by atoms with Crippen molar-refractivity contribution in [3.8, 4) is 11.5 Å². The van der Waals surface area contributed by atoms with E-state index in [1.165, 1.54) is 31.4 Å². The summed E-state index contributed by atoms with van der Waals surface area (Å²) in [6, 6.07) is 10.8. The fraction of sp³-hybridized carbons (Fsp3) is 0.226. The predicted molar refractivity (Wildman–Crippen MR) is 158 cm³/mol. The lowest BCUT2D eigenvalue weighted by atomic mass is 9.61. The average Bonchev–Trinajstić information content (AvgIpc) is 3.24. The second-order valence-electron chi connectivity index (χ2n) is 10.7. The number of hydrogen-bond acceptors (Lipinski definition) is 8. The highest BCUT2D eigenvalue weighted by Gasteiger charge is 2.56. The molecule has 1 fully saturated rings. The largest absolute Gasteiger partial charge is 0.504 e. The number of phenolic OH excluding ortho intramolecular Hbond substituents is 1. The molecular formula is C31H25BBrNO8. The third-order valence-electron chi connectivity index (χ3n) is 8.49. The number of ketones is 2. The summed E-state index contributed by atoms with van der Waals surface area (Å²) < 4.78 is 5.36. The molecule has 9 nitrogen and oxygen atoms in total. The van der Waals surface area contributed by atoms with E-state index in [1.807, 2.05) is 12.2 Å². The first-order chi connectivity index (χ1) is 20.1. The zero-order chi connectivity index (χ0) is 29.9. The number of amides is 2. The number of rotatable bonds is 5. The van der Waals surface area contributed by atoms with Crippen LogP contribution in [0, 0.1) is 23.7 Å². The van der Waals surface area contributed by atoms with E-state index in [0.29, 0.717) is 16.7 Å². The van der Waals surface area contributed by atoms with Crippen LogP contribution in [0.3, 0.4) is 0 Å². The van der Waals surface area contributed by atoms with E-state index in [1.54, 1.807) is 30.3 Å². The number of ether oxygens (including phenoxy) is 1. The number of benzene rings is 2. The summed E-state index contributed by atoms with van der Waals surface area (Å²) in [6.45, 7) is 0. The number of hydrogen-bond donors (Lipinski definition) is 3. The van der Waals surface area contributed by atoms with Crippen LogP contribution in [-0.4, -0.2) is 52.8 Å². The van der Waals surface area contributed by atoms with Crippen molar-refractivity contribution in [1.29, 1.82) is 0 Å². The number of anilines is 1. The van der Waals surface area contributed by atoms with Crippen molar-refractivity contribution in [3.63, 3.8) is 0 Å². The Kier molecular flexibility index (Phi) is 7.12. The maximum Gasteiger partial charge on any atom is 0.488 e. The Morgan fingerprint density at radius 2 is 1.83 bits per heavy atom. The topological polar surface area (TPSA) is 141 Å². The lowest BCUT2D eigenvalue weighted by Crippen LogP contribution is -2.40. The van der Waals surface area contributed by atoms with Gasteiger partial charge in [0.25, 0.3) is 0 Å². The van der Waals surface area contributed by atoms with E-state index in [-0.39, 0.29) is 57.4 Å². The molecule has 0 spiro atoms. The van der Waals surface area contributed by atoms with Gasteiger partial charge in [-0.3, -0.25) is 24.1 Å². The highest BCUT2D eigenvalue weighted by Crippen LogP contribution is 2.53. The van der Waals surface area contributed by atoms with E-state index < -0.39 is 36.7 Å². The molecule has 212 valence electrons. The number of imide groups is 1. The summed E-state index contributed by atoms with van der Waals surface area (Å²) in [5.41, 5.74) is 2.55. The van der Waals surface area contributed by atoms with Crippen LogP contribution in [0.2, 0.25) is 0 Å². The normalized spacial score (nSPS) is 25.3. The molecule has 2 aromatic carbocycles. The molecule has 3 N–H and O–H groups in total. The molecule has 2 aromatic rings. The Morgan fingerprint density at radius 3 is 2.57 bits per heavy atom. The number of halogens is 1. The summed E-state index contributed by atoms with van der Waals surface area (Å²) >= 11 is 3.21. The van der Waals surface area contributed by atoms with Gasteiger partial charge in [0.05, 0.1) is 29.1 Å². The van der Waals surface area contributed by atoms with Gasteiger partial charge in [-0.2, -0.15) is 0 Å². The van der Waals surface area contributed by atoms with E-state index >= 15 is 0 Å². The third-order valence-corrected chi connectivity index (χ3v) is 9.08. The van der Waals surface area contributed by atoms with E-state index in [9.17, 15) is 34.3 Å². The fourth-order valence-corrected chi connectivity index (χ4v) is 7.02. The minimum atomic E-state index is -1.76. The van der Waals surface area contributed by atoms with Crippen molar-refractivity contribution in [1.82, 2.24) is 0 Å². The van der Waals surface area contributed by atoms with E-state index in [0.717, 1.165) is 10.5 Å². The van der Waals surface area contributed by atoms with Crippen LogP contribution >= 0.6 is 15.9 Å². The van der Waals surface area contributed by atoms with Crippen LogP contribution < -0.4 is 15.1 Å². The highest BCUT2D eigenvalue weighted by atomic mass is 79.9. The fourth-order valence-electron chi connectivity index (χ4n) is 6.57. The molecule has 11 heteroatoms. The van der Waals surface area contributed by atoms with Gasteiger partial charge in [-0.15, -0.1) is 0 Å². The molecule has 4 atom stereocenters. The first-order valence-electron chi connectivity index (χ1n) is 13.4. The lowest BCUT2D eigenvalue weighted by molar-refractivity contribution is -0.123. The molecule has 2 amide bonds. The molecule has 0 unspecified atom stereocenters. The molecule has 1 heterocycles. The molecule has 6 rings (SSSR count). The minimum absolute atomic E-state index is 0.0190. The Morgan fingerprint density at radius 1 is 1.05 bits per heavy atom. The summed E-state index contributed by atoms with van der Waals surface area (Å²) in [4.78, 5) is 55.3. The number of phenols is 1. The standard InChI is InChI=1S/C31H25BBrNO8/c1-42-26-11-15(6-10-24(26)35)5-7-19-18-8-9-20-28(21(18)13-22-27(19)25(36)14-23(33)29(22)37)31(39)34(30(20)38)17-4-2-3-16(12-17)32(40)41/h2-8,10-12,14,19-21,28,35,40-41H,9,13H2,1H3/t19-,20-,21+,28-/m0/s1. The van der Waals surface area contributed by atoms with Gasteiger partial charge < -0.3 is 19.9 Å². The molecule has 0 radical (unpaired) electrons. The summed E-state index contributed by atoms with van der Waals surface area (Å²) in [5, 5.41) is 29.2. The predicted octanol–water partition coefficient (Wildman–Crippen LogP) is 2.59. The quantitative estimate of drug-likeness (QED) is 0.198. The summed E-state index contributed by atoms with van der Waals surface area (Å²) in [7, 11) is -0.323. The Labute approximate surface area is 249 Å². The smallest absolute Gasteiger partial charge is 0.488 e. The van der Waals surface area contributed by atoms with Gasteiger partial charge in [0.1, 0.15) is 0 Å². The van der Waals surface area contributed by atoms with E-state index in [2.05, 4.69) is 15.9 Å². The second kappa shape index (κ2) is 10.7. The van der Waals surface area contributed by atoms with Gasteiger partial charge in [-0.1, -0.05) is 42.0 Å². The van der Waals surface area contributed by atoms with Gasteiger partial charge in [0.15, 0.2) is 23.1 Å². The molecule has 0 saturated carbocycles. The van der Waals surface area contributed by atoms with Crippen LogP contribution in [0.5, 0.6) is 11.5 Å². The van der Waals surface area contributed by atoms with Gasteiger partial charge in [0.2, 0.25) is 11.8 Å². The van der Waals surface area contributed by atoms with Crippen LogP contribution in [0.1, 0.15) is 18.4 Å². The molecule has 0 aromatic heterocycles. The van der Waals surface area contributed by atoms with Gasteiger partial charge >= 0.3 is 7.12 Å². The lowest BCUT2D eigenvalue weighted by Gasteiger charge is -2.41. The highest BCUT2D eigenvalue weighted by molar-refractivity contribution is 9.12. The zero-order valence-corrected chi connectivity index (χ0v) is 23.9. The molecular weight excluding hydrogens is 605 g/mol. The molecule has 4 aliphatic rings. The number of aromatic hydroxyl groups is 1. The number of nitrogens with zero attached hydrogens (tertiary/aromatic N) is 1. The summed E-state index contributed by atoms with van der Waals surface area (Å²) in [5.74, 6) is -3.71. The van der Waals surface area contributed by atoms with Crippen LogP contribution in [0.15, 0.2) is 81.9 Å². The summed E-state index contributed by atoms with van der Waals surface area (Å²) in [6.07, 6.45) is 7.18. The number of allylic oxidation sites excluding steroid dienone is 7. The number of methoxy groups -OCH3 is 1. The Bertz CT molecular complexity index is 1690. The van der Waals surface area contributed by atoms with Crippen molar-refractivity contribution in [2.75, 3.05) is 12.0 Å². The zero-order valence-electron chi connectivity index (χ0n) is 22.4. The van der Waals surface area contributed by atoms with Gasteiger partial charge in [-0.05, 0) is 70.0 Å². The van der Waals surface area contributed by atoms with Crippen LogP contribution in [0.4, 0.5) is 5.69 Å². The third kappa shape index (κ3) is 4.48. The first-order valence-corrected chi connectivity index (χ1v) is 14.2. The average molecular weight is 630 g/mol. The SMILES string of the molecule is COc1cc(C=C[C@H]2C3=CC[C@@H]4C(=O)N(c5cccc(B(O)O)c5)C(=O)[C@@H]4[C@@H]3CC3=C2C(=O)C=C(Br)C3=O)ccc1O. The maximum atomic E-state index is 14.0. The Hall–Kier alpha value is -4.06. The molecule has 3 aliphatic carbocycles. The number of Topliss-reactive ketones (excluding diaryl/α,β-unsaturated/α-hetero) is 1. The maximum absolute atomic E-state index is 14.0. The van der Waals surface area contributed by atoms with Gasteiger partial charge in [-0.25, -0.2) is 0 Å². The number of carbonyl (C=O) groups excluding carboxylic acids is 4. The van der Waals surface area contributed by atoms with Crippen molar-refractivity contribution >= 4 is 63.7 Å². The molecule has 42 heavy (non-hydrogen) atoms. The second-order valence-corrected chi connectivity index (χ2v) is 11.6. The van der Waals surface area contributed by atoms with Gasteiger partial charge in [0, 0.05) is 23.1 Å². The van der Waals surface area contributed by atoms with Crippen molar-refractivity contribution in [2.45, 2.75) is 12.8 Å². The van der Waals surface area contributed by atoms with E-state index in [4.69, 9.17) is 4.74 Å². The first kappa shape index (κ1) is 28.1. The molecule has 0 bridgehead atoms.